The Hall–Kier alpha value is -3.93. The molecule has 144 valence electrons. The van der Waals surface area contributed by atoms with Gasteiger partial charge in [-0.1, -0.05) is 30.3 Å². The highest BCUT2D eigenvalue weighted by molar-refractivity contribution is 5.85. The van der Waals surface area contributed by atoms with Gasteiger partial charge in [0.1, 0.15) is 11.3 Å². The lowest BCUT2D eigenvalue weighted by molar-refractivity contribution is -0.123. The number of hydrazone groups is 1. The third-order valence-electron chi connectivity index (χ3n) is 4.40. The molecule has 6 nitrogen and oxygen atoms in total. The number of para-hydroxylation sites is 1. The minimum absolute atomic E-state index is 0.147. The number of ether oxygens (including phenoxy) is 1. The van der Waals surface area contributed by atoms with Gasteiger partial charge in [-0.25, -0.2) is 5.43 Å². The number of benzene rings is 2. The molecule has 4 rings (SSSR count). The van der Waals surface area contributed by atoms with Crippen molar-refractivity contribution >= 4 is 23.0 Å². The number of carbonyl (C=O) groups is 1. The van der Waals surface area contributed by atoms with Gasteiger partial charge in [0.2, 0.25) is 0 Å². The molecule has 0 aliphatic carbocycles. The van der Waals surface area contributed by atoms with Gasteiger partial charge < -0.3 is 9.30 Å². The van der Waals surface area contributed by atoms with Gasteiger partial charge in [0.25, 0.3) is 5.91 Å². The Morgan fingerprint density at radius 2 is 2.00 bits per heavy atom. The number of hydrogen-bond acceptors (Lipinski definition) is 4. The number of pyridine rings is 1. The number of aryl methyl sites for hydroxylation is 1. The molecular formula is C23H20N4O2. The van der Waals surface area contributed by atoms with E-state index in [9.17, 15) is 4.79 Å². The Kier molecular flexibility index (Phi) is 5.33. The summed E-state index contributed by atoms with van der Waals surface area (Å²) in [6, 6.07) is 21.4. The molecule has 0 unspecified atom stereocenters. The van der Waals surface area contributed by atoms with E-state index in [2.05, 4.69) is 21.6 Å². The molecule has 29 heavy (non-hydrogen) atoms. The second-order valence-electron chi connectivity index (χ2n) is 6.56. The molecule has 1 N–H and O–H groups in total. The molecule has 0 radical (unpaired) electrons. The Labute approximate surface area is 168 Å². The first kappa shape index (κ1) is 18.4. The molecule has 0 saturated heterocycles. The van der Waals surface area contributed by atoms with Gasteiger partial charge in [-0.2, -0.15) is 5.10 Å². The molecule has 0 spiro atoms. The van der Waals surface area contributed by atoms with Crippen molar-refractivity contribution in [1.29, 1.82) is 0 Å². The van der Waals surface area contributed by atoms with E-state index < -0.39 is 0 Å². The van der Waals surface area contributed by atoms with Crippen LogP contribution in [0.1, 0.15) is 11.3 Å². The van der Waals surface area contributed by atoms with E-state index >= 15 is 0 Å². The van der Waals surface area contributed by atoms with Gasteiger partial charge in [0, 0.05) is 23.5 Å². The third kappa shape index (κ3) is 4.32. The van der Waals surface area contributed by atoms with Crippen LogP contribution in [0.25, 0.3) is 16.6 Å². The summed E-state index contributed by atoms with van der Waals surface area (Å²) >= 11 is 0. The molecular weight excluding hydrogens is 364 g/mol. The highest BCUT2D eigenvalue weighted by Crippen LogP contribution is 2.22. The van der Waals surface area contributed by atoms with E-state index in [0.29, 0.717) is 5.75 Å². The first-order valence-electron chi connectivity index (χ1n) is 9.23. The van der Waals surface area contributed by atoms with E-state index in [1.165, 1.54) is 5.56 Å². The summed E-state index contributed by atoms with van der Waals surface area (Å²) in [7, 11) is 0. The SMILES string of the molecule is Cc1cccc(-n2cccc2/C=N/NC(=O)COc2cccc3cccnc23)c1. The molecule has 6 heteroatoms. The van der Waals surface area contributed by atoms with Gasteiger partial charge in [0.05, 0.1) is 11.9 Å². The molecule has 0 aliphatic heterocycles. The van der Waals surface area contributed by atoms with Crippen molar-refractivity contribution in [2.24, 2.45) is 5.10 Å². The number of rotatable bonds is 6. The maximum atomic E-state index is 12.1. The standard InChI is InChI=1S/C23H20N4O2/c1-17-6-2-9-19(14-17)27-13-5-10-20(27)15-25-26-22(28)16-29-21-11-3-7-18-8-4-12-24-23(18)21/h2-15H,16H2,1H3,(H,26,28)/b25-15+. The van der Waals surface area contributed by atoms with Crippen molar-refractivity contribution in [1.82, 2.24) is 15.0 Å². The van der Waals surface area contributed by atoms with Gasteiger partial charge in [0.15, 0.2) is 6.61 Å². The van der Waals surface area contributed by atoms with Crippen molar-refractivity contribution in [3.8, 4) is 11.4 Å². The molecule has 0 atom stereocenters. The fourth-order valence-corrected chi connectivity index (χ4v) is 3.05. The van der Waals surface area contributed by atoms with Gasteiger partial charge in [-0.3, -0.25) is 9.78 Å². The highest BCUT2D eigenvalue weighted by Gasteiger charge is 2.06. The lowest BCUT2D eigenvalue weighted by atomic mass is 10.2. The maximum absolute atomic E-state index is 12.1. The Balaban J connectivity index is 1.38. The maximum Gasteiger partial charge on any atom is 0.277 e. The number of hydrogen-bond donors (Lipinski definition) is 1. The zero-order valence-corrected chi connectivity index (χ0v) is 15.9. The Morgan fingerprint density at radius 1 is 1.14 bits per heavy atom. The van der Waals surface area contributed by atoms with Crippen LogP contribution in [0.5, 0.6) is 5.75 Å². The molecule has 1 amide bonds. The second-order valence-corrected chi connectivity index (χ2v) is 6.56. The van der Waals surface area contributed by atoms with Crippen LogP contribution in [0.3, 0.4) is 0 Å². The second kappa shape index (κ2) is 8.39. The van der Waals surface area contributed by atoms with E-state index in [4.69, 9.17) is 4.74 Å². The number of aromatic nitrogens is 2. The van der Waals surface area contributed by atoms with Crippen LogP contribution in [-0.2, 0) is 4.79 Å². The van der Waals surface area contributed by atoms with Crippen molar-refractivity contribution in [3.63, 3.8) is 0 Å². The molecule has 2 aromatic heterocycles. The molecule has 2 heterocycles. The van der Waals surface area contributed by atoms with E-state index in [1.807, 2.05) is 72.3 Å². The van der Waals surface area contributed by atoms with Crippen LogP contribution in [0.2, 0.25) is 0 Å². The molecule has 4 aromatic rings. The molecule has 0 bridgehead atoms. The normalized spacial score (nSPS) is 11.1. The fraction of sp³-hybridized carbons (Fsp3) is 0.0870. The summed E-state index contributed by atoms with van der Waals surface area (Å²) in [5.41, 5.74) is 6.29. The largest absolute Gasteiger partial charge is 0.481 e. The van der Waals surface area contributed by atoms with Gasteiger partial charge in [-0.05, 0) is 48.9 Å². The highest BCUT2D eigenvalue weighted by atomic mass is 16.5. The smallest absolute Gasteiger partial charge is 0.277 e. The van der Waals surface area contributed by atoms with Crippen molar-refractivity contribution in [2.45, 2.75) is 6.92 Å². The monoisotopic (exact) mass is 384 g/mol. The lowest BCUT2D eigenvalue weighted by Gasteiger charge is -2.08. The average Bonchev–Trinajstić information content (AvgIpc) is 3.21. The quantitative estimate of drug-likeness (QED) is 0.405. The van der Waals surface area contributed by atoms with Crippen LogP contribution in [0.15, 0.2) is 84.2 Å². The summed E-state index contributed by atoms with van der Waals surface area (Å²) in [6.07, 6.45) is 5.26. The van der Waals surface area contributed by atoms with Crippen molar-refractivity contribution in [3.05, 3.63) is 90.4 Å². The predicted octanol–water partition coefficient (Wildman–Crippen LogP) is 3.86. The fourth-order valence-electron chi connectivity index (χ4n) is 3.05. The minimum atomic E-state index is -0.345. The lowest BCUT2D eigenvalue weighted by Crippen LogP contribution is -2.24. The molecule has 0 fully saturated rings. The third-order valence-corrected chi connectivity index (χ3v) is 4.40. The average molecular weight is 384 g/mol. The Morgan fingerprint density at radius 3 is 2.90 bits per heavy atom. The van der Waals surface area contributed by atoms with Crippen molar-refractivity contribution in [2.75, 3.05) is 6.61 Å². The van der Waals surface area contributed by atoms with Gasteiger partial charge in [-0.15, -0.1) is 0 Å². The summed E-state index contributed by atoms with van der Waals surface area (Å²) in [6.45, 7) is 1.90. The van der Waals surface area contributed by atoms with E-state index in [1.54, 1.807) is 18.5 Å². The Bertz CT molecular complexity index is 1170. The summed E-state index contributed by atoms with van der Waals surface area (Å²) in [5, 5.41) is 5.01. The van der Waals surface area contributed by atoms with Crippen LogP contribution >= 0.6 is 0 Å². The number of amides is 1. The predicted molar refractivity (Wildman–Crippen MR) is 113 cm³/mol. The van der Waals surface area contributed by atoms with Gasteiger partial charge >= 0.3 is 0 Å². The van der Waals surface area contributed by atoms with E-state index in [0.717, 1.165) is 22.3 Å². The number of fused-ring (bicyclic) bond motifs is 1. The zero-order chi connectivity index (χ0) is 20.1. The minimum Gasteiger partial charge on any atom is -0.481 e. The van der Waals surface area contributed by atoms with Crippen LogP contribution in [-0.4, -0.2) is 28.3 Å². The first-order valence-corrected chi connectivity index (χ1v) is 9.23. The number of carbonyl (C=O) groups excluding carboxylic acids is 1. The number of nitrogens with one attached hydrogen (secondary N) is 1. The summed E-state index contributed by atoms with van der Waals surface area (Å²) in [4.78, 5) is 16.4. The summed E-state index contributed by atoms with van der Waals surface area (Å²) in [5.74, 6) is 0.221. The first-order chi connectivity index (χ1) is 14.2. The van der Waals surface area contributed by atoms with Crippen LogP contribution in [0, 0.1) is 6.92 Å². The topological polar surface area (TPSA) is 68.5 Å². The van der Waals surface area contributed by atoms with E-state index in [-0.39, 0.29) is 12.5 Å². The molecule has 0 saturated carbocycles. The number of nitrogens with zero attached hydrogens (tertiary/aromatic N) is 3. The molecule has 2 aromatic carbocycles. The summed E-state index contributed by atoms with van der Waals surface area (Å²) < 4.78 is 7.62. The van der Waals surface area contributed by atoms with Crippen molar-refractivity contribution < 1.29 is 9.53 Å². The van der Waals surface area contributed by atoms with Crippen LogP contribution in [0.4, 0.5) is 0 Å². The zero-order valence-electron chi connectivity index (χ0n) is 15.9. The molecule has 0 aliphatic rings. The van der Waals surface area contributed by atoms with Crippen LogP contribution < -0.4 is 10.2 Å².